The quantitative estimate of drug-likeness (QED) is 0.612. The van der Waals surface area contributed by atoms with E-state index in [0.29, 0.717) is 5.82 Å². The maximum Gasteiger partial charge on any atom is 0.343 e. The van der Waals surface area contributed by atoms with Gasteiger partial charge in [0.15, 0.2) is 0 Å². The SMILES string of the molecule is CC(N)c1n[nH]c(=O)n1C.Cl. The summed E-state index contributed by atoms with van der Waals surface area (Å²) < 4.78 is 1.39. The van der Waals surface area contributed by atoms with Crippen LogP contribution < -0.4 is 11.4 Å². The van der Waals surface area contributed by atoms with Gasteiger partial charge in [-0.1, -0.05) is 0 Å². The smallest absolute Gasteiger partial charge is 0.322 e. The van der Waals surface area contributed by atoms with Crippen LogP contribution >= 0.6 is 12.4 Å². The Kier molecular flexibility index (Phi) is 3.28. The average molecular weight is 179 g/mol. The van der Waals surface area contributed by atoms with Crippen molar-refractivity contribution >= 4 is 12.4 Å². The zero-order valence-electron chi connectivity index (χ0n) is 6.37. The van der Waals surface area contributed by atoms with Crippen molar-refractivity contribution in [1.29, 1.82) is 0 Å². The van der Waals surface area contributed by atoms with Crippen molar-refractivity contribution in [3.63, 3.8) is 0 Å². The van der Waals surface area contributed by atoms with E-state index in [0.717, 1.165) is 0 Å². The fourth-order valence-electron chi connectivity index (χ4n) is 0.766. The first-order chi connectivity index (χ1) is 4.63. The van der Waals surface area contributed by atoms with Crippen molar-refractivity contribution in [3.05, 3.63) is 16.3 Å². The number of hydrogen-bond acceptors (Lipinski definition) is 3. The predicted octanol–water partition coefficient (Wildman–Crippen LogP) is -0.450. The van der Waals surface area contributed by atoms with Crippen LogP contribution in [0.2, 0.25) is 0 Å². The van der Waals surface area contributed by atoms with Crippen molar-refractivity contribution in [3.8, 4) is 0 Å². The van der Waals surface area contributed by atoms with Gasteiger partial charge in [-0.2, -0.15) is 5.10 Å². The van der Waals surface area contributed by atoms with Crippen molar-refractivity contribution in [2.24, 2.45) is 12.8 Å². The second-order valence-corrected chi connectivity index (χ2v) is 2.23. The van der Waals surface area contributed by atoms with Crippen molar-refractivity contribution in [1.82, 2.24) is 14.8 Å². The molecule has 3 N–H and O–H groups in total. The summed E-state index contributed by atoms with van der Waals surface area (Å²) in [7, 11) is 1.63. The molecule has 0 radical (unpaired) electrons. The molecule has 0 bridgehead atoms. The molecule has 1 aromatic heterocycles. The van der Waals surface area contributed by atoms with E-state index in [9.17, 15) is 4.79 Å². The van der Waals surface area contributed by atoms with Crippen LogP contribution in [-0.4, -0.2) is 14.8 Å². The first kappa shape index (κ1) is 10.2. The largest absolute Gasteiger partial charge is 0.343 e. The molecule has 64 valence electrons. The first-order valence-corrected chi connectivity index (χ1v) is 3.00. The minimum atomic E-state index is -0.229. The fourth-order valence-corrected chi connectivity index (χ4v) is 0.766. The molecule has 0 aromatic carbocycles. The third kappa shape index (κ3) is 1.81. The number of halogens is 1. The van der Waals surface area contributed by atoms with E-state index < -0.39 is 0 Å². The van der Waals surface area contributed by atoms with E-state index in [1.165, 1.54) is 4.57 Å². The first-order valence-electron chi connectivity index (χ1n) is 3.00. The van der Waals surface area contributed by atoms with Gasteiger partial charge >= 0.3 is 5.69 Å². The van der Waals surface area contributed by atoms with Crippen LogP contribution in [0.5, 0.6) is 0 Å². The van der Waals surface area contributed by atoms with E-state index >= 15 is 0 Å². The predicted molar refractivity (Wildman–Crippen MR) is 43.7 cm³/mol. The molecule has 1 heterocycles. The standard InChI is InChI=1S/C5H10N4O.ClH/c1-3(6)4-7-8-5(10)9(4)2;/h3H,6H2,1-2H3,(H,8,10);1H. The Balaban J connectivity index is 0.000001000. The van der Waals surface area contributed by atoms with E-state index in [-0.39, 0.29) is 24.1 Å². The Morgan fingerprint density at radius 3 is 2.45 bits per heavy atom. The molecule has 1 unspecified atom stereocenters. The summed E-state index contributed by atoms with van der Waals surface area (Å²) in [6.45, 7) is 1.77. The van der Waals surface area contributed by atoms with Gasteiger partial charge in [-0.25, -0.2) is 9.89 Å². The highest BCUT2D eigenvalue weighted by Crippen LogP contribution is 1.98. The van der Waals surface area contributed by atoms with Crippen LogP contribution in [0.1, 0.15) is 18.8 Å². The number of rotatable bonds is 1. The number of aromatic amines is 1. The van der Waals surface area contributed by atoms with Gasteiger partial charge in [-0.3, -0.25) is 4.57 Å². The maximum absolute atomic E-state index is 10.7. The van der Waals surface area contributed by atoms with Crippen LogP contribution in [0.3, 0.4) is 0 Å². The number of nitrogens with two attached hydrogens (primary N) is 1. The lowest BCUT2D eigenvalue weighted by Gasteiger charge is -2.00. The Bertz CT molecular complexity index is 276. The molecule has 0 aliphatic carbocycles. The van der Waals surface area contributed by atoms with Gasteiger partial charge in [0.05, 0.1) is 6.04 Å². The molecule has 0 fully saturated rings. The van der Waals surface area contributed by atoms with Crippen LogP contribution in [0, 0.1) is 0 Å². The van der Waals surface area contributed by atoms with Gasteiger partial charge in [0.25, 0.3) is 0 Å². The van der Waals surface area contributed by atoms with Crippen LogP contribution in [0.4, 0.5) is 0 Å². The van der Waals surface area contributed by atoms with Gasteiger partial charge in [0, 0.05) is 7.05 Å². The number of nitrogens with one attached hydrogen (secondary N) is 1. The van der Waals surface area contributed by atoms with Crippen LogP contribution in [0.25, 0.3) is 0 Å². The Hall–Kier alpha value is -0.810. The van der Waals surface area contributed by atoms with Gasteiger partial charge in [-0.15, -0.1) is 12.4 Å². The summed E-state index contributed by atoms with van der Waals surface area (Å²) in [4.78, 5) is 10.7. The van der Waals surface area contributed by atoms with E-state index in [4.69, 9.17) is 5.73 Å². The van der Waals surface area contributed by atoms with Gasteiger partial charge in [0.1, 0.15) is 5.82 Å². The molecule has 0 aliphatic heterocycles. The normalized spacial score (nSPS) is 12.3. The fraction of sp³-hybridized carbons (Fsp3) is 0.600. The zero-order chi connectivity index (χ0) is 7.72. The van der Waals surface area contributed by atoms with Gasteiger partial charge in [0.2, 0.25) is 0 Å². The molecule has 5 nitrogen and oxygen atoms in total. The monoisotopic (exact) mass is 178 g/mol. The summed E-state index contributed by atoms with van der Waals surface area (Å²) >= 11 is 0. The van der Waals surface area contributed by atoms with Crippen molar-refractivity contribution < 1.29 is 0 Å². The molecule has 1 atom stereocenters. The Morgan fingerprint density at radius 1 is 1.73 bits per heavy atom. The van der Waals surface area contributed by atoms with Crippen molar-refractivity contribution in [2.75, 3.05) is 0 Å². The second kappa shape index (κ2) is 3.54. The summed E-state index contributed by atoms with van der Waals surface area (Å²) in [6, 6.07) is -0.205. The molecule has 6 heteroatoms. The highest BCUT2D eigenvalue weighted by Gasteiger charge is 2.06. The minimum absolute atomic E-state index is 0. The number of aromatic nitrogens is 3. The summed E-state index contributed by atoms with van der Waals surface area (Å²) in [5, 5.41) is 6.01. The average Bonchev–Trinajstić information content (AvgIpc) is 2.14. The van der Waals surface area contributed by atoms with Gasteiger partial charge in [-0.05, 0) is 6.92 Å². The molecule has 0 saturated carbocycles. The van der Waals surface area contributed by atoms with E-state index in [1.807, 2.05) is 0 Å². The lowest BCUT2D eigenvalue weighted by Crippen LogP contribution is -2.18. The highest BCUT2D eigenvalue weighted by atomic mass is 35.5. The molecule has 0 saturated heterocycles. The number of hydrogen-bond donors (Lipinski definition) is 2. The molecular formula is C5H11ClN4O. The lowest BCUT2D eigenvalue weighted by molar-refractivity contribution is 0.677. The zero-order valence-corrected chi connectivity index (χ0v) is 7.18. The molecule has 1 aromatic rings. The number of H-pyrrole nitrogens is 1. The molecule has 11 heavy (non-hydrogen) atoms. The van der Waals surface area contributed by atoms with Crippen LogP contribution in [0.15, 0.2) is 4.79 Å². The molecule has 1 rings (SSSR count). The maximum atomic E-state index is 10.7. The molecular weight excluding hydrogens is 168 g/mol. The molecule has 0 aliphatic rings. The third-order valence-corrected chi connectivity index (χ3v) is 1.32. The van der Waals surface area contributed by atoms with E-state index in [2.05, 4.69) is 10.2 Å². The number of nitrogens with zero attached hydrogens (tertiary/aromatic N) is 2. The van der Waals surface area contributed by atoms with Gasteiger partial charge < -0.3 is 5.73 Å². The van der Waals surface area contributed by atoms with Crippen molar-refractivity contribution in [2.45, 2.75) is 13.0 Å². The Labute approximate surface area is 70.0 Å². The Morgan fingerprint density at radius 2 is 2.27 bits per heavy atom. The third-order valence-electron chi connectivity index (χ3n) is 1.32. The lowest BCUT2D eigenvalue weighted by atomic mass is 10.3. The molecule has 0 amide bonds. The summed E-state index contributed by atoms with van der Waals surface area (Å²) in [6.07, 6.45) is 0. The van der Waals surface area contributed by atoms with E-state index in [1.54, 1.807) is 14.0 Å². The van der Waals surface area contributed by atoms with Crippen LogP contribution in [-0.2, 0) is 7.05 Å². The minimum Gasteiger partial charge on any atom is -0.322 e. The summed E-state index contributed by atoms with van der Waals surface area (Å²) in [5.74, 6) is 0.574. The second-order valence-electron chi connectivity index (χ2n) is 2.23. The topological polar surface area (TPSA) is 76.7 Å². The highest BCUT2D eigenvalue weighted by molar-refractivity contribution is 5.85. The summed E-state index contributed by atoms with van der Waals surface area (Å²) in [5.41, 5.74) is 5.26. The molecule has 0 spiro atoms.